The predicted molar refractivity (Wildman–Crippen MR) is 445 cm³/mol. The van der Waals surface area contributed by atoms with Gasteiger partial charge in [0, 0.05) is 60.7 Å². The largest absolute Gasteiger partial charge is 0.356 e. The van der Waals surface area contributed by atoms with Crippen LogP contribution < -0.4 is 20.4 Å². The average molecular weight is 1370 g/mol. The molecule has 0 spiro atoms. The molecule has 2 N–H and O–H groups in total. The van der Waals surface area contributed by atoms with Crippen molar-refractivity contribution in [1.82, 2.24) is 0 Å². The molecule has 488 valence electrons. The second kappa shape index (κ2) is 31.8. The van der Waals surface area contributed by atoms with Crippen molar-refractivity contribution in [2.45, 2.75) is 14.9 Å². The third-order valence-electron chi connectivity index (χ3n) is 17.9. The quantitative estimate of drug-likeness (QED) is 0.0839. The number of anilines is 10. The van der Waals surface area contributed by atoms with Crippen LogP contribution >= 0.6 is 15.9 Å². The van der Waals surface area contributed by atoms with Gasteiger partial charge in [-0.1, -0.05) is 322 Å². The first kappa shape index (κ1) is 67.0. The third kappa shape index (κ3) is 15.4. The van der Waals surface area contributed by atoms with E-state index in [1.165, 1.54) is 75.8 Å². The number of para-hydroxylation sites is 4. The van der Waals surface area contributed by atoms with Crippen LogP contribution in [-0.4, -0.2) is 0 Å². The van der Waals surface area contributed by atoms with E-state index in [1.54, 1.807) is 0 Å². The minimum absolute atomic E-state index is 0. The fourth-order valence-electron chi connectivity index (χ4n) is 13.0. The maximum atomic E-state index is 3.62. The number of hydrogen-bond acceptors (Lipinski definition) is 4. The molecule has 17 aromatic rings. The molecular weight excluding hydrogens is 1290 g/mol. The lowest BCUT2D eigenvalue weighted by atomic mass is 9.99. The molecule has 0 radical (unpaired) electrons. The Morgan fingerprint density at radius 1 is 0.208 bits per heavy atom. The Morgan fingerprint density at radius 2 is 0.446 bits per heavy atom. The minimum atomic E-state index is 0. The number of fused-ring (bicyclic) bond motifs is 9. The van der Waals surface area contributed by atoms with Gasteiger partial charge >= 0.3 is 0 Å². The van der Waals surface area contributed by atoms with Gasteiger partial charge in [0.15, 0.2) is 0 Å². The number of halogens is 1. The fourth-order valence-corrected chi connectivity index (χ4v) is 13.6. The van der Waals surface area contributed by atoms with Crippen LogP contribution in [0.1, 0.15) is 37.1 Å². The van der Waals surface area contributed by atoms with E-state index in [1.807, 2.05) is 36.4 Å². The van der Waals surface area contributed by atoms with Gasteiger partial charge in [0.05, 0.1) is 11.4 Å². The molecule has 0 amide bonds. The molecule has 0 aromatic heterocycles. The van der Waals surface area contributed by atoms with Gasteiger partial charge in [0.2, 0.25) is 0 Å². The number of nitrogens with zero attached hydrogens (tertiary/aromatic N) is 2. The standard InChI is InChI=1S/C54H38N2.C26H22N2.C14H9Br.2CH4/c1-3-17-43(18-4-1)55(53-37-41-15-7-9-21-47(41)49-23-11-13-25-51(49)53)45-33-29-39(30-34-45)27-28-40-31-35-46(36-32-40)56(44-19-5-2-6-20-44)54-38-42-16-8-10-22-48(42)50-24-12-14-26-52(50)54;1-3-7-23(8-4-1)27-25-17-13-21(14-18-25)11-12-22-15-19-26(20-16-22)28-24-9-5-2-6-10-24;15-14-9-10-5-1-2-6-11(10)12-7-3-4-8-13(12)14;;/h1-38H;1-20,27-28H;1-9H;2*1H4/b28-27+;12-11+;;;. The van der Waals surface area contributed by atoms with E-state index in [9.17, 15) is 0 Å². The Labute approximate surface area is 601 Å². The summed E-state index contributed by atoms with van der Waals surface area (Å²) >= 11 is 3.62. The van der Waals surface area contributed by atoms with Crippen molar-refractivity contribution >= 4 is 162 Å². The first-order chi connectivity index (χ1) is 49.0. The highest BCUT2D eigenvalue weighted by atomic mass is 79.9. The molecule has 0 unspecified atom stereocenters. The summed E-state index contributed by atoms with van der Waals surface area (Å²) in [5, 5.41) is 21.9. The van der Waals surface area contributed by atoms with Crippen LogP contribution in [0.25, 0.3) is 88.9 Å². The first-order valence-corrected chi connectivity index (χ1v) is 34.3. The van der Waals surface area contributed by atoms with Gasteiger partial charge in [0.25, 0.3) is 0 Å². The van der Waals surface area contributed by atoms with Gasteiger partial charge in [-0.3, -0.25) is 0 Å². The zero-order valence-corrected chi connectivity index (χ0v) is 56.0. The van der Waals surface area contributed by atoms with Crippen molar-refractivity contribution < 1.29 is 0 Å². The van der Waals surface area contributed by atoms with Gasteiger partial charge in [-0.25, -0.2) is 0 Å². The van der Waals surface area contributed by atoms with Crippen molar-refractivity contribution in [2.75, 3.05) is 20.4 Å². The smallest absolute Gasteiger partial charge is 0.0546 e. The van der Waals surface area contributed by atoms with Crippen molar-refractivity contribution in [3.63, 3.8) is 0 Å². The highest BCUT2D eigenvalue weighted by Gasteiger charge is 2.19. The van der Waals surface area contributed by atoms with Crippen LogP contribution in [-0.2, 0) is 0 Å². The number of rotatable bonds is 14. The zero-order valence-electron chi connectivity index (χ0n) is 54.5. The molecule has 17 rings (SSSR count). The van der Waals surface area contributed by atoms with E-state index in [0.29, 0.717) is 0 Å². The molecule has 0 aliphatic heterocycles. The van der Waals surface area contributed by atoms with Gasteiger partial charge in [-0.15, -0.1) is 0 Å². The molecule has 0 aliphatic carbocycles. The first-order valence-electron chi connectivity index (χ1n) is 33.5. The maximum Gasteiger partial charge on any atom is 0.0546 e. The van der Waals surface area contributed by atoms with Crippen LogP contribution in [0.4, 0.5) is 56.9 Å². The molecule has 0 aliphatic rings. The van der Waals surface area contributed by atoms with Crippen LogP contribution in [0.2, 0.25) is 0 Å². The van der Waals surface area contributed by atoms with Crippen LogP contribution in [0.3, 0.4) is 0 Å². The van der Waals surface area contributed by atoms with Crippen molar-refractivity contribution in [3.05, 3.63) is 409 Å². The highest BCUT2D eigenvalue weighted by Crippen LogP contribution is 2.44. The molecule has 17 aromatic carbocycles. The summed E-state index contributed by atoms with van der Waals surface area (Å²) in [5.74, 6) is 0. The molecule has 0 saturated heterocycles. The zero-order chi connectivity index (χ0) is 66.5. The maximum absolute atomic E-state index is 3.62. The summed E-state index contributed by atoms with van der Waals surface area (Å²) < 4.78 is 1.16. The summed E-state index contributed by atoms with van der Waals surface area (Å²) in [4.78, 5) is 4.75. The lowest BCUT2D eigenvalue weighted by molar-refractivity contribution is 1.30. The molecular formula is C96H77BrN4. The van der Waals surface area contributed by atoms with Crippen molar-refractivity contribution in [2.24, 2.45) is 0 Å². The Hall–Kier alpha value is -12.5. The number of benzene rings is 17. The molecule has 101 heavy (non-hydrogen) atoms. The van der Waals surface area contributed by atoms with Gasteiger partial charge < -0.3 is 20.4 Å². The highest BCUT2D eigenvalue weighted by molar-refractivity contribution is 9.10. The summed E-state index contributed by atoms with van der Waals surface area (Å²) in [6.07, 6.45) is 8.66. The van der Waals surface area contributed by atoms with E-state index >= 15 is 0 Å². The average Bonchev–Trinajstić information content (AvgIpc) is 0.779. The summed E-state index contributed by atoms with van der Waals surface area (Å²) in [6.45, 7) is 0. The Kier molecular flexibility index (Phi) is 21.1. The van der Waals surface area contributed by atoms with Crippen molar-refractivity contribution in [1.29, 1.82) is 0 Å². The second-order valence-electron chi connectivity index (χ2n) is 24.4. The monoisotopic (exact) mass is 1360 g/mol. The van der Waals surface area contributed by atoms with Crippen molar-refractivity contribution in [3.8, 4) is 0 Å². The molecule has 0 fully saturated rings. The minimum Gasteiger partial charge on any atom is -0.356 e. The number of nitrogens with one attached hydrogen (secondary N) is 2. The molecule has 0 atom stereocenters. The van der Waals surface area contributed by atoms with E-state index in [2.05, 4.69) is 406 Å². The molecule has 0 saturated carbocycles. The second-order valence-corrected chi connectivity index (χ2v) is 25.2. The third-order valence-corrected chi connectivity index (χ3v) is 18.6. The molecule has 0 heterocycles. The predicted octanol–water partition coefficient (Wildman–Crippen LogP) is 28.8. The van der Waals surface area contributed by atoms with Crippen LogP contribution in [0.5, 0.6) is 0 Å². The van der Waals surface area contributed by atoms with E-state index in [0.717, 1.165) is 72.5 Å². The molecule has 5 heteroatoms. The molecule has 4 nitrogen and oxygen atoms in total. The summed E-state index contributed by atoms with van der Waals surface area (Å²) in [5.41, 5.74) is 15.8. The van der Waals surface area contributed by atoms with Gasteiger partial charge in [0.1, 0.15) is 0 Å². The summed E-state index contributed by atoms with van der Waals surface area (Å²) in [7, 11) is 0. The molecule has 0 bridgehead atoms. The Balaban J connectivity index is 0.000000167. The van der Waals surface area contributed by atoms with Crippen LogP contribution in [0.15, 0.2) is 387 Å². The Bertz CT molecular complexity index is 5350. The SMILES string of the molecule is Brc1cc2ccccc2c2ccccc12.C.C.C(=C\c1ccc(N(c2ccccc2)c2cc3ccccc3c3ccccc23)cc1)/c1ccc(N(c2ccccc2)c2cc3ccccc3c3ccccc23)cc1.C(=C\c1ccc(Nc2ccccc2)cc1)/c1ccc(Nc2ccccc2)cc1. The van der Waals surface area contributed by atoms with Crippen LogP contribution in [0, 0.1) is 0 Å². The lowest BCUT2D eigenvalue weighted by Gasteiger charge is -2.27. The van der Waals surface area contributed by atoms with E-state index in [-0.39, 0.29) is 14.9 Å². The topological polar surface area (TPSA) is 30.5 Å². The van der Waals surface area contributed by atoms with Gasteiger partial charge in [-0.05, 0) is 191 Å². The Morgan fingerprint density at radius 3 is 0.792 bits per heavy atom. The lowest BCUT2D eigenvalue weighted by Crippen LogP contribution is -2.10. The van der Waals surface area contributed by atoms with E-state index in [4.69, 9.17) is 0 Å². The normalized spacial score (nSPS) is 11.0. The number of hydrogen-bond donors (Lipinski definition) is 2. The fraction of sp³-hybridized carbons (Fsp3) is 0.0208. The summed E-state index contributed by atoms with van der Waals surface area (Å²) in [6, 6.07) is 135. The van der Waals surface area contributed by atoms with E-state index < -0.39 is 0 Å². The van der Waals surface area contributed by atoms with Gasteiger partial charge in [-0.2, -0.15) is 0 Å².